The van der Waals surface area contributed by atoms with E-state index in [1.807, 2.05) is 0 Å². The summed E-state index contributed by atoms with van der Waals surface area (Å²) in [6.07, 6.45) is 0.221. The van der Waals surface area contributed by atoms with Crippen molar-refractivity contribution in [2.75, 3.05) is 31.6 Å². The lowest BCUT2D eigenvalue weighted by molar-refractivity contribution is -0.136. The number of nitrogens with one attached hydrogen (secondary N) is 2. The molecule has 0 saturated carbocycles. The largest absolute Gasteiger partial charge is 0.382 e. The second kappa shape index (κ2) is 7.63. The molecular formula is C17H20N4O5. The minimum Gasteiger partial charge on any atom is -0.382 e. The Morgan fingerprint density at radius 3 is 2.73 bits per heavy atom. The van der Waals surface area contributed by atoms with Crippen molar-refractivity contribution >= 4 is 29.3 Å². The van der Waals surface area contributed by atoms with Crippen LogP contribution in [0, 0.1) is 0 Å². The Kier molecular flexibility index (Phi) is 5.29. The fourth-order valence-corrected chi connectivity index (χ4v) is 3.11. The van der Waals surface area contributed by atoms with Gasteiger partial charge in [0.1, 0.15) is 6.04 Å². The van der Waals surface area contributed by atoms with Gasteiger partial charge in [0, 0.05) is 25.2 Å². The van der Waals surface area contributed by atoms with Gasteiger partial charge in [-0.2, -0.15) is 0 Å². The van der Waals surface area contributed by atoms with E-state index in [4.69, 9.17) is 10.5 Å². The maximum Gasteiger partial charge on any atom is 0.264 e. The Balaban J connectivity index is 1.78. The second-order valence-electron chi connectivity index (χ2n) is 6.00. The van der Waals surface area contributed by atoms with Crippen LogP contribution in [0.25, 0.3) is 0 Å². The number of imide groups is 2. The maximum atomic E-state index is 12.8. The summed E-state index contributed by atoms with van der Waals surface area (Å²) in [4.78, 5) is 49.8. The molecule has 138 valence electrons. The van der Waals surface area contributed by atoms with Crippen LogP contribution in [-0.2, 0) is 14.3 Å². The van der Waals surface area contributed by atoms with Crippen molar-refractivity contribution in [3.63, 3.8) is 0 Å². The number of carbonyl (C=O) groups excluding carboxylic acids is 4. The fraction of sp³-hybridized carbons (Fsp3) is 0.412. The summed E-state index contributed by atoms with van der Waals surface area (Å²) in [6.45, 7) is 1.71. The zero-order valence-corrected chi connectivity index (χ0v) is 14.1. The summed E-state index contributed by atoms with van der Waals surface area (Å²) in [5, 5.41) is 5.25. The molecule has 26 heavy (non-hydrogen) atoms. The lowest BCUT2D eigenvalue weighted by Crippen LogP contribution is -2.54. The van der Waals surface area contributed by atoms with E-state index in [2.05, 4.69) is 10.6 Å². The number of nitrogens with zero attached hydrogens (tertiary/aromatic N) is 1. The third-order valence-electron chi connectivity index (χ3n) is 4.29. The first-order valence-electron chi connectivity index (χ1n) is 8.41. The fourth-order valence-electron chi connectivity index (χ4n) is 3.11. The minimum absolute atomic E-state index is 0.0907. The summed E-state index contributed by atoms with van der Waals surface area (Å²) in [7, 11) is 0. The normalized spacial score (nSPS) is 19.6. The number of piperidine rings is 1. The molecule has 1 saturated heterocycles. The molecule has 2 heterocycles. The van der Waals surface area contributed by atoms with Crippen LogP contribution in [0.2, 0.25) is 0 Å². The van der Waals surface area contributed by atoms with Gasteiger partial charge in [-0.25, -0.2) is 0 Å². The van der Waals surface area contributed by atoms with Crippen LogP contribution in [0.3, 0.4) is 0 Å². The zero-order chi connectivity index (χ0) is 18.7. The number of ether oxygens (including phenoxy) is 1. The number of amides is 4. The van der Waals surface area contributed by atoms with Crippen LogP contribution in [0.4, 0.5) is 5.69 Å². The molecule has 2 aliphatic rings. The van der Waals surface area contributed by atoms with E-state index in [1.165, 1.54) is 0 Å². The summed E-state index contributed by atoms with van der Waals surface area (Å²) in [5.74, 6) is -2.09. The third-order valence-corrected chi connectivity index (χ3v) is 4.29. The van der Waals surface area contributed by atoms with Crippen LogP contribution < -0.4 is 16.4 Å². The number of carbonyl (C=O) groups is 4. The van der Waals surface area contributed by atoms with E-state index in [0.717, 1.165) is 4.90 Å². The van der Waals surface area contributed by atoms with Crippen LogP contribution in [0.5, 0.6) is 0 Å². The van der Waals surface area contributed by atoms with Gasteiger partial charge in [0.25, 0.3) is 11.8 Å². The second-order valence-corrected chi connectivity index (χ2v) is 6.00. The van der Waals surface area contributed by atoms with E-state index in [0.29, 0.717) is 32.0 Å². The molecule has 1 aromatic carbocycles. The molecule has 1 atom stereocenters. The van der Waals surface area contributed by atoms with Gasteiger partial charge in [0.2, 0.25) is 11.8 Å². The van der Waals surface area contributed by atoms with Gasteiger partial charge in [0.15, 0.2) is 0 Å². The van der Waals surface area contributed by atoms with Gasteiger partial charge in [-0.1, -0.05) is 6.07 Å². The SMILES string of the molecule is NCCOCCNc1cccc2c1C(=O)N(C1CCC(=O)NC1=O)C2=O. The van der Waals surface area contributed by atoms with Crippen molar-refractivity contribution < 1.29 is 23.9 Å². The highest BCUT2D eigenvalue weighted by atomic mass is 16.5. The predicted molar refractivity (Wildman–Crippen MR) is 91.5 cm³/mol. The number of rotatable bonds is 7. The Morgan fingerprint density at radius 2 is 2.00 bits per heavy atom. The Labute approximate surface area is 149 Å². The molecule has 4 N–H and O–H groups in total. The minimum atomic E-state index is -0.971. The van der Waals surface area contributed by atoms with E-state index in [1.54, 1.807) is 18.2 Å². The van der Waals surface area contributed by atoms with Crippen LogP contribution in [0.15, 0.2) is 18.2 Å². The molecule has 9 heteroatoms. The quantitative estimate of drug-likeness (QED) is 0.440. The smallest absolute Gasteiger partial charge is 0.264 e. The number of hydrogen-bond donors (Lipinski definition) is 3. The maximum absolute atomic E-state index is 12.8. The van der Waals surface area contributed by atoms with E-state index >= 15 is 0 Å². The Morgan fingerprint density at radius 1 is 1.19 bits per heavy atom. The molecule has 1 unspecified atom stereocenters. The predicted octanol–water partition coefficient (Wildman–Crippen LogP) is -0.525. The number of fused-ring (bicyclic) bond motifs is 1. The standard InChI is InChI=1S/C17H20N4O5/c18-6-8-26-9-7-19-11-3-1-2-10-14(11)17(25)21(16(10)24)12-4-5-13(22)20-15(12)23/h1-3,12,19H,4-9,18H2,(H,20,22,23). The van der Waals surface area contributed by atoms with E-state index in [-0.39, 0.29) is 24.0 Å². The first-order valence-corrected chi connectivity index (χ1v) is 8.41. The summed E-state index contributed by atoms with van der Waals surface area (Å²) in [5.41, 5.74) is 6.33. The van der Waals surface area contributed by atoms with Gasteiger partial charge in [-0.3, -0.25) is 29.4 Å². The van der Waals surface area contributed by atoms with Gasteiger partial charge in [-0.05, 0) is 18.6 Å². The zero-order valence-electron chi connectivity index (χ0n) is 14.1. The van der Waals surface area contributed by atoms with Crippen molar-refractivity contribution in [3.8, 4) is 0 Å². The molecule has 0 bridgehead atoms. The van der Waals surface area contributed by atoms with Crippen molar-refractivity contribution in [1.82, 2.24) is 10.2 Å². The molecule has 4 amide bonds. The lowest BCUT2D eigenvalue weighted by Gasteiger charge is -2.27. The van der Waals surface area contributed by atoms with Crippen molar-refractivity contribution in [1.29, 1.82) is 0 Å². The molecule has 0 spiro atoms. The molecule has 1 aromatic rings. The van der Waals surface area contributed by atoms with Crippen LogP contribution in [0.1, 0.15) is 33.6 Å². The van der Waals surface area contributed by atoms with E-state index < -0.39 is 29.7 Å². The summed E-state index contributed by atoms with van der Waals surface area (Å²) < 4.78 is 5.28. The lowest BCUT2D eigenvalue weighted by atomic mass is 10.0. The average Bonchev–Trinajstić information content (AvgIpc) is 2.87. The van der Waals surface area contributed by atoms with E-state index in [9.17, 15) is 19.2 Å². The number of hydrogen-bond acceptors (Lipinski definition) is 7. The third kappa shape index (κ3) is 3.31. The van der Waals surface area contributed by atoms with Crippen molar-refractivity contribution in [2.24, 2.45) is 5.73 Å². The van der Waals surface area contributed by atoms with Crippen molar-refractivity contribution in [3.05, 3.63) is 29.3 Å². The first kappa shape index (κ1) is 18.0. The highest BCUT2D eigenvalue weighted by molar-refractivity contribution is 6.25. The highest BCUT2D eigenvalue weighted by Crippen LogP contribution is 2.32. The summed E-state index contributed by atoms with van der Waals surface area (Å²) >= 11 is 0. The van der Waals surface area contributed by atoms with Crippen LogP contribution >= 0.6 is 0 Å². The Bertz CT molecular complexity index is 764. The molecule has 0 radical (unpaired) electrons. The molecule has 9 nitrogen and oxygen atoms in total. The molecule has 2 aliphatic heterocycles. The molecule has 0 aromatic heterocycles. The highest BCUT2D eigenvalue weighted by Gasteiger charge is 2.45. The number of benzene rings is 1. The van der Waals surface area contributed by atoms with Gasteiger partial charge in [0.05, 0.1) is 24.3 Å². The topological polar surface area (TPSA) is 131 Å². The Hall–Kier alpha value is -2.78. The molecular weight excluding hydrogens is 340 g/mol. The van der Waals surface area contributed by atoms with Gasteiger partial charge in [-0.15, -0.1) is 0 Å². The monoisotopic (exact) mass is 360 g/mol. The van der Waals surface area contributed by atoms with Gasteiger partial charge >= 0.3 is 0 Å². The van der Waals surface area contributed by atoms with Crippen LogP contribution in [-0.4, -0.2) is 60.9 Å². The summed E-state index contributed by atoms with van der Waals surface area (Å²) in [6, 6.07) is 3.94. The number of nitrogens with two attached hydrogens (primary N) is 1. The number of anilines is 1. The van der Waals surface area contributed by atoms with Crippen molar-refractivity contribution in [2.45, 2.75) is 18.9 Å². The average molecular weight is 360 g/mol. The molecule has 3 rings (SSSR count). The molecule has 1 fully saturated rings. The molecule has 0 aliphatic carbocycles. The van der Waals surface area contributed by atoms with Gasteiger partial charge < -0.3 is 15.8 Å². The first-order chi connectivity index (χ1) is 12.5.